The highest BCUT2D eigenvalue weighted by Gasteiger charge is 2.18. The summed E-state index contributed by atoms with van der Waals surface area (Å²) in [6.45, 7) is 3.62. The molecular formula is C12H19FN2O. The van der Waals surface area contributed by atoms with Crippen LogP contribution in [0.25, 0.3) is 0 Å². The Kier molecular flexibility index (Phi) is 4.26. The largest absolute Gasteiger partial charge is 0.394 e. The third-order valence-corrected chi connectivity index (χ3v) is 2.79. The molecule has 2 atom stereocenters. The van der Waals surface area contributed by atoms with Crippen LogP contribution in [0.3, 0.4) is 0 Å². The molecular weight excluding hydrogens is 207 g/mol. The number of aliphatic hydroxyl groups is 1. The van der Waals surface area contributed by atoms with Gasteiger partial charge >= 0.3 is 0 Å². The van der Waals surface area contributed by atoms with Gasteiger partial charge in [0.2, 0.25) is 0 Å². The predicted octanol–water partition coefficient (Wildman–Crippen LogP) is 1.66. The van der Waals surface area contributed by atoms with Crippen LogP contribution in [0.1, 0.15) is 25.5 Å². The van der Waals surface area contributed by atoms with E-state index in [-0.39, 0.29) is 24.5 Å². The second-order valence-corrected chi connectivity index (χ2v) is 4.11. The lowest BCUT2D eigenvalue weighted by atomic mass is 10.0. The molecule has 0 saturated carbocycles. The summed E-state index contributed by atoms with van der Waals surface area (Å²) >= 11 is 0. The van der Waals surface area contributed by atoms with Crippen LogP contribution in [-0.4, -0.2) is 24.8 Å². The smallest absolute Gasteiger partial charge is 0.146 e. The van der Waals surface area contributed by atoms with Crippen LogP contribution in [0.15, 0.2) is 18.2 Å². The number of para-hydroxylation sites is 1. The molecule has 0 radical (unpaired) electrons. The van der Waals surface area contributed by atoms with Crippen molar-refractivity contribution in [3.63, 3.8) is 0 Å². The van der Waals surface area contributed by atoms with Crippen molar-refractivity contribution in [2.75, 3.05) is 18.6 Å². The molecule has 0 aliphatic heterocycles. The maximum Gasteiger partial charge on any atom is 0.146 e. The van der Waals surface area contributed by atoms with E-state index in [2.05, 4.69) is 0 Å². The molecule has 2 unspecified atom stereocenters. The van der Waals surface area contributed by atoms with E-state index in [0.29, 0.717) is 5.69 Å². The van der Waals surface area contributed by atoms with E-state index in [0.717, 1.165) is 5.56 Å². The molecule has 1 aromatic carbocycles. The molecule has 3 nitrogen and oxygen atoms in total. The zero-order valence-corrected chi connectivity index (χ0v) is 9.94. The Balaban J connectivity index is 3.19. The summed E-state index contributed by atoms with van der Waals surface area (Å²) < 4.78 is 13.8. The Morgan fingerprint density at radius 2 is 2.06 bits per heavy atom. The molecule has 90 valence electrons. The van der Waals surface area contributed by atoms with Crippen molar-refractivity contribution >= 4 is 5.69 Å². The summed E-state index contributed by atoms with van der Waals surface area (Å²) in [4.78, 5) is 1.72. The van der Waals surface area contributed by atoms with Crippen molar-refractivity contribution in [1.82, 2.24) is 0 Å². The van der Waals surface area contributed by atoms with Crippen LogP contribution in [0.5, 0.6) is 0 Å². The van der Waals surface area contributed by atoms with Gasteiger partial charge in [-0.25, -0.2) is 4.39 Å². The van der Waals surface area contributed by atoms with Crippen LogP contribution in [0, 0.1) is 5.82 Å². The minimum Gasteiger partial charge on any atom is -0.394 e. The second kappa shape index (κ2) is 5.27. The first-order valence-corrected chi connectivity index (χ1v) is 5.36. The second-order valence-electron chi connectivity index (χ2n) is 4.11. The highest BCUT2D eigenvalue weighted by atomic mass is 19.1. The quantitative estimate of drug-likeness (QED) is 0.821. The summed E-state index contributed by atoms with van der Waals surface area (Å²) in [5.74, 6) is -0.308. The number of nitrogens with two attached hydrogens (primary N) is 1. The van der Waals surface area contributed by atoms with Gasteiger partial charge in [-0.2, -0.15) is 0 Å². The molecule has 0 heterocycles. The SMILES string of the molecule is CC(N)c1cccc(F)c1N(C)C(C)CO. The predicted molar refractivity (Wildman–Crippen MR) is 64.0 cm³/mol. The van der Waals surface area contributed by atoms with E-state index in [1.807, 2.05) is 19.9 Å². The number of hydrogen-bond donors (Lipinski definition) is 2. The Labute approximate surface area is 95.7 Å². The lowest BCUT2D eigenvalue weighted by molar-refractivity contribution is 0.269. The minimum absolute atomic E-state index is 0.0246. The van der Waals surface area contributed by atoms with Crippen molar-refractivity contribution < 1.29 is 9.50 Å². The lowest BCUT2D eigenvalue weighted by Crippen LogP contribution is -2.33. The normalized spacial score (nSPS) is 14.6. The molecule has 0 saturated heterocycles. The molecule has 0 aliphatic rings. The first-order valence-electron chi connectivity index (χ1n) is 5.36. The third kappa shape index (κ3) is 2.51. The summed E-state index contributed by atoms with van der Waals surface area (Å²) in [6.07, 6.45) is 0. The number of anilines is 1. The fourth-order valence-corrected chi connectivity index (χ4v) is 1.61. The number of benzene rings is 1. The summed E-state index contributed by atoms with van der Waals surface area (Å²) in [5.41, 5.74) is 7.03. The van der Waals surface area contributed by atoms with Gasteiger partial charge in [0, 0.05) is 19.1 Å². The van der Waals surface area contributed by atoms with Crippen LogP contribution >= 0.6 is 0 Å². The van der Waals surface area contributed by atoms with Crippen LogP contribution < -0.4 is 10.6 Å². The topological polar surface area (TPSA) is 49.5 Å². The first-order chi connectivity index (χ1) is 7.49. The highest BCUT2D eigenvalue weighted by molar-refractivity contribution is 5.56. The summed E-state index contributed by atoms with van der Waals surface area (Å²) in [6, 6.07) is 4.48. The Bertz CT molecular complexity index is 355. The van der Waals surface area contributed by atoms with E-state index < -0.39 is 0 Å². The van der Waals surface area contributed by atoms with Crippen molar-refractivity contribution in [3.8, 4) is 0 Å². The highest BCUT2D eigenvalue weighted by Crippen LogP contribution is 2.28. The maximum absolute atomic E-state index is 13.8. The molecule has 3 N–H and O–H groups in total. The van der Waals surface area contributed by atoms with Gasteiger partial charge in [-0.1, -0.05) is 12.1 Å². The van der Waals surface area contributed by atoms with Gasteiger partial charge < -0.3 is 15.7 Å². The molecule has 1 aromatic rings. The van der Waals surface area contributed by atoms with E-state index in [9.17, 15) is 4.39 Å². The van der Waals surface area contributed by atoms with E-state index in [1.54, 1.807) is 18.0 Å². The van der Waals surface area contributed by atoms with Gasteiger partial charge in [0.05, 0.1) is 12.3 Å². The zero-order valence-electron chi connectivity index (χ0n) is 9.94. The monoisotopic (exact) mass is 226 g/mol. The molecule has 0 aromatic heterocycles. The first kappa shape index (κ1) is 12.9. The molecule has 0 fully saturated rings. The molecule has 4 heteroatoms. The average Bonchev–Trinajstić information content (AvgIpc) is 2.26. The number of aliphatic hydroxyl groups excluding tert-OH is 1. The van der Waals surface area contributed by atoms with E-state index >= 15 is 0 Å². The van der Waals surface area contributed by atoms with Crippen molar-refractivity contribution in [2.24, 2.45) is 5.73 Å². The van der Waals surface area contributed by atoms with Gasteiger partial charge in [0.1, 0.15) is 5.82 Å². The summed E-state index contributed by atoms with van der Waals surface area (Å²) in [7, 11) is 1.76. The molecule has 0 spiro atoms. The Hall–Kier alpha value is -1.13. The number of hydrogen-bond acceptors (Lipinski definition) is 3. The molecule has 16 heavy (non-hydrogen) atoms. The van der Waals surface area contributed by atoms with Gasteiger partial charge in [0.25, 0.3) is 0 Å². The summed E-state index contributed by atoms with van der Waals surface area (Å²) in [5, 5.41) is 9.09. The van der Waals surface area contributed by atoms with Gasteiger partial charge in [-0.3, -0.25) is 0 Å². The van der Waals surface area contributed by atoms with Gasteiger partial charge in [-0.15, -0.1) is 0 Å². The molecule has 0 amide bonds. The maximum atomic E-state index is 13.8. The van der Waals surface area contributed by atoms with Gasteiger partial charge in [-0.05, 0) is 25.5 Å². The average molecular weight is 226 g/mol. The fraction of sp³-hybridized carbons (Fsp3) is 0.500. The molecule has 1 rings (SSSR count). The Morgan fingerprint density at radius 3 is 2.56 bits per heavy atom. The Morgan fingerprint density at radius 1 is 1.44 bits per heavy atom. The van der Waals surface area contributed by atoms with Crippen LogP contribution in [0.4, 0.5) is 10.1 Å². The number of likely N-dealkylation sites (N-methyl/N-ethyl adjacent to an activating group) is 1. The lowest BCUT2D eigenvalue weighted by Gasteiger charge is -2.29. The van der Waals surface area contributed by atoms with Crippen molar-refractivity contribution in [1.29, 1.82) is 0 Å². The van der Waals surface area contributed by atoms with Crippen molar-refractivity contribution in [3.05, 3.63) is 29.6 Å². The minimum atomic E-state index is -0.308. The van der Waals surface area contributed by atoms with Crippen LogP contribution in [-0.2, 0) is 0 Å². The van der Waals surface area contributed by atoms with Gasteiger partial charge in [0.15, 0.2) is 0 Å². The standard InChI is InChI=1S/C12H19FN2O/c1-8(7-16)15(3)12-10(9(2)14)5-4-6-11(12)13/h4-6,8-9,16H,7,14H2,1-3H3. The van der Waals surface area contributed by atoms with E-state index in [1.165, 1.54) is 6.07 Å². The van der Waals surface area contributed by atoms with E-state index in [4.69, 9.17) is 10.8 Å². The number of rotatable bonds is 4. The third-order valence-electron chi connectivity index (χ3n) is 2.79. The van der Waals surface area contributed by atoms with Crippen molar-refractivity contribution in [2.45, 2.75) is 25.9 Å². The molecule has 0 bridgehead atoms. The zero-order chi connectivity index (χ0) is 12.3. The van der Waals surface area contributed by atoms with Crippen LogP contribution in [0.2, 0.25) is 0 Å². The number of nitrogens with zero attached hydrogens (tertiary/aromatic N) is 1. The number of halogens is 1. The fourth-order valence-electron chi connectivity index (χ4n) is 1.61. The molecule has 0 aliphatic carbocycles.